The second kappa shape index (κ2) is 8.18. The molecule has 0 bridgehead atoms. The maximum Gasteiger partial charge on any atom is 0.312 e. The van der Waals surface area contributed by atoms with E-state index >= 15 is 0 Å². The Kier molecular flexibility index (Phi) is 5.71. The van der Waals surface area contributed by atoms with E-state index in [0.717, 1.165) is 11.1 Å². The average Bonchev–Trinajstić information content (AvgIpc) is 2.65. The Morgan fingerprint density at radius 3 is 2.41 bits per heavy atom. The molecule has 3 amide bonds. The van der Waals surface area contributed by atoms with E-state index in [2.05, 4.69) is 10.3 Å². The maximum atomic E-state index is 12.4. The van der Waals surface area contributed by atoms with Gasteiger partial charge in [-0.3, -0.25) is 14.4 Å². The van der Waals surface area contributed by atoms with Gasteiger partial charge in [-0.15, -0.1) is 0 Å². The van der Waals surface area contributed by atoms with Crippen LogP contribution in [0.2, 0.25) is 5.02 Å². The van der Waals surface area contributed by atoms with Crippen molar-refractivity contribution in [3.8, 4) is 0 Å². The molecule has 1 N–H and O–H groups in total. The molecule has 1 saturated heterocycles. The van der Waals surface area contributed by atoms with Crippen LogP contribution in [0, 0.1) is 6.92 Å². The molecule has 27 heavy (non-hydrogen) atoms. The van der Waals surface area contributed by atoms with Gasteiger partial charge in [-0.1, -0.05) is 41.4 Å². The zero-order chi connectivity index (χ0) is 19.4. The van der Waals surface area contributed by atoms with Gasteiger partial charge in [0, 0.05) is 25.8 Å². The van der Waals surface area contributed by atoms with Crippen molar-refractivity contribution in [3.63, 3.8) is 0 Å². The summed E-state index contributed by atoms with van der Waals surface area (Å²) >= 11 is 5.75. The highest BCUT2D eigenvalue weighted by Crippen LogP contribution is 2.13. The molecule has 2 aromatic rings. The first-order valence-corrected chi connectivity index (χ1v) is 8.85. The number of nitrogens with zero attached hydrogens (tertiary/aromatic N) is 3. The van der Waals surface area contributed by atoms with Crippen LogP contribution in [-0.2, 0) is 20.9 Å². The summed E-state index contributed by atoms with van der Waals surface area (Å²) in [7, 11) is 0. The van der Waals surface area contributed by atoms with Crippen molar-refractivity contribution in [1.29, 1.82) is 0 Å². The number of benzene rings is 1. The van der Waals surface area contributed by atoms with E-state index in [1.165, 1.54) is 16.0 Å². The van der Waals surface area contributed by atoms with Crippen LogP contribution in [0.5, 0.6) is 0 Å². The summed E-state index contributed by atoms with van der Waals surface area (Å²) in [5, 5.41) is 3.04. The lowest BCUT2D eigenvalue weighted by Crippen LogP contribution is -2.55. The summed E-state index contributed by atoms with van der Waals surface area (Å²) in [6, 6.07) is 11.0. The minimum Gasteiger partial charge on any atom is -0.328 e. The number of piperazine rings is 1. The summed E-state index contributed by atoms with van der Waals surface area (Å²) in [6.07, 6.45) is 1.41. The largest absolute Gasteiger partial charge is 0.328 e. The number of nitrogens with one attached hydrogen (secondary N) is 1. The minimum atomic E-state index is -0.674. The second-order valence-electron chi connectivity index (χ2n) is 6.35. The first kappa shape index (κ1) is 18.8. The summed E-state index contributed by atoms with van der Waals surface area (Å²) in [5.74, 6) is -1.36. The van der Waals surface area contributed by atoms with Crippen molar-refractivity contribution in [2.24, 2.45) is 0 Å². The number of rotatable bonds is 5. The van der Waals surface area contributed by atoms with Crippen LogP contribution >= 0.6 is 11.6 Å². The zero-order valence-electron chi connectivity index (χ0n) is 14.8. The molecule has 1 aromatic carbocycles. The predicted octanol–water partition coefficient (Wildman–Crippen LogP) is 1.85. The summed E-state index contributed by atoms with van der Waals surface area (Å²) in [6.45, 7) is 2.84. The van der Waals surface area contributed by atoms with E-state index in [9.17, 15) is 14.4 Å². The Hall–Kier alpha value is -2.93. The Labute approximate surface area is 161 Å². The zero-order valence-corrected chi connectivity index (χ0v) is 15.6. The molecule has 1 aromatic heterocycles. The van der Waals surface area contributed by atoms with E-state index in [1.54, 1.807) is 12.1 Å². The number of aryl methyl sites for hydroxylation is 1. The van der Waals surface area contributed by atoms with Crippen LogP contribution in [0.1, 0.15) is 11.1 Å². The first-order chi connectivity index (χ1) is 12.9. The van der Waals surface area contributed by atoms with Gasteiger partial charge < -0.3 is 15.1 Å². The van der Waals surface area contributed by atoms with E-state index in [-0.39, 0.29) is 6.54 Å². The Bertz CT molecular complexity index is 852. The molecular weight excluding hydrogens is 368 g/mol. The van der Waals surface area contributed by atoms with Gasteiger partial charge in [0.2, 0.25) is 5.91 Å². The van der Waals surface area contributed by atoms with E-state index in [1.807, 2.05) is 31.2 Å². The molecular formula is C19H19ClN4O3. The van der Waals surface area contributed by atoms with Crippen molar-refractivity contribution in [2.45, 2.75) is 13.5 Å². The van der Waals surface area contributed by atoms with E-state index in [4.69, 9.17) is 11.6 Å². The molecule has 0 radical (unpaired) electrons. The molecule has 3 rings (SSSR count). The van der Waals surface area contributed by atoms with Gasteiger partial charge in [-0.25, -0.2) is 4.98 Å². The molecule has 1 aliphatic rings. The second-order valence-corrected chi connectivity index (χ2v) is 6.79. The van der Waals surface area contributed by atoms with Gasteiger partial charge in [0.05, 0.1) is 5.02 Å². The number of pyridine rings is 1. The van der Waals surface area contributed by atoms with Gasteiger partial charge in [-0.05, 0) is 24.6 Å². The number of carbonyl (C=O) groups excluding carboxylic acids is 3. The van der Waals surface area contributed by atoms with Crippen molar-refractivity contribution in [3.05, 3.63) is 58.7 Å². The third-order valence-electron chi connectivity index (χ3n) is 4.22. The predicted molar refractivity (Wildman–Crippen MR) is 101 cm³/mol. The molecule has 0 aliphatic carbocycles. The average molecular weight is 387 g/mol. The quantitative estimate of drug-likeness (QED) is 0.795. The van der Waals surface area contributed by atoms with Gasteiger partial charge in [-0.2, -0.15) is 0 Å². The normalized spacial score (nSPS) is 14.4. The number of hydrogen-bond acceptors (Lipinski definition) is 4. The highest BCUT2D eigenvalue weighted by Gasteiger charge is 2.33. The van der Waals surface area contributed by atoms with Crippen molar-refractivity contribution in [1.82, 2.24) is 14.8 Å². The van der Waals surface area contributed by atoms with Gasteiger partial charge in [0.25, 0.3) is 0 Å². The lowest BCUT2D eigenvalue weighted by atomic mass is 10.1. The molecule has 0 unspecified atom stereocenters. The summed E-state index contributed by atoms with van der Waals surface area (Å²) in [5.41, 5.74) is 2.09. The topological polar surface area (TPSA) is 82.6 Å². The first-order valence-electron chi connectivity index (χ1n) is 8.47. The smallest absolute Gasteiger partial charge is 0.312 e. The molecule has 0 atom stereocenters. The number of amides is 3. The maximum absolute atomic E-state index is 12.4. The molecule has 1 fully saturated rings. The third-order valence-corrected chi connectivity index (χ3v) is 4.44. The number of aromatic nitrogens is 1. The van der Waals surface area contributed by atoms with Gasteiger partial charge in [0.15, 0.2) is 0 Å². The van der Waals surface area contributed by atoms with Crippen LogP contribution in [0.15, 0.2) is 42.6 Å². The van der Waals surface area contributed by atoms with Gasteiger partial charge >= 0.3 is 11.8 Å². The van der Waals surface area contributed by atoms with Crippen LogP contribution in [0.3, 0.4) is 0 Å². The molecule has 140 valence electrons. The van der Waals surface area contributed by atoms with Crippen molar-refractivity contribution >= 4 is 35.1 Å². The Balaban J connectivity index is 1.55. The van der Waals surface area contributed by atoms with Gasteiger partial charge in [0.1, 0.15) is 12.4 Å². The Morgan fingerprint density at radius 1 is 1.07 bits per heavy atom. The fourth-order valence-electron chi connectivity index (χ4n) is 2.74. The molecule has 8 heteroatoms. The van der Waals surface area contributed by atoms with Crippen LogP contribution in [0.25, 0.3) is 0 Å². The number of hydrogen-bond donors (Lipinski definition) is 1. The van der Waals surface area contributed by atoms with E-state index < -0.39 is 17.7 Å². The van der Waals surface area contributed by atoms with E-state index in [0.29, 0.717) is 30.5 Å². The molecule has 0 spiro atoms. The molecule has 2 heterocycles. The highest BCUT2D eigenvalue weighted by atomic mass is 35.5. The molecule has 7 nitrogen and oxygen atoms in total. The minimum absolute atomic E-state index is 0.201. The lowest BCUT2D eigenvalue weighted by Gasteiger charge is -2.33. The standard InChI is InChI=1S/C19H19ClN4O3/c1-13-2-4-14(5-3-13)11-23-8-9-24(19(27)18(23)26)12-17(25)22-16-7-6-15(20)10-21-16/h2-7,10H,8-9,11-12H2,1H3,(H,21,22,25). The number of anilines is 1. The third kappa shape index (κ3) is 4.83. The monoisotopic (exact) mass is 386 g/mol. The molecule has 1 aliphatic heterocycles. The summed E-state index contributed by atoms with van der Waals surface area (Å²) in [4.78, 5) is 43.5. The van der Waals surface area contributed by atoms with Crippen LogP contribution in [0.4, 0.5) is 5.82 Å². The highest BCUT2D eigenvalue weighted by molar-refractivity contribution is 6.35. The van der Waals surface area contributed by atoms with Crippen LogP contribution < -0.4 is 5.32 Å². The Morgan fingerprint density at radius 2 is 1.74 bits per heavy atom. The lowest BCUT2D eigenvalue weighted by molar-refractivity contribution is -0.157. The SMILES string of the molecule is Cc1ccc(CN2CCN(CC(=O)Nc3ccc(Cl)cn3)C(=O)C2=O)cc1. The summed E-state index contributed by atoms with van der Waals surface area (Å²) < 4.78 is 0. The fourth-order valence-corrected chi connectivity index (χ4v) is 2.85. The molecule has 0 saturated carbocycles. The van der Waals surface area contributed by atoms with Crippen LogP contribution in [-0.4, -0.2) is 52.1 Å². The number of halogens is 1. The number of carbonyl (C=O) groups is 3. The fraction of sp³-hybridized carbons (Fsp3) is 0.263. The van der Waals surface area contributed by atoms with Crippen molar-refractivity contribution < 1.29 is 14.4 Å². The van der Waals surface area contributed by atoms with Crippen molar-refractivity contribution in [2.75, 3.05) is 25.0 Å².